The largest absolute Gasteiger partial charge is 0.386 e. The first kappa shape index (κ1) is 22.5. The van der Waals surface area contributed by atoms with E-state index in [1.54, 1.807) is 50.5 Å². The number of hydrogen-bond donors (Lipinski definition) is 2. The van der Waals surface area contributed by atoms with Crippen LogP contribution in [0.1, 0.15) is 30.7 Å². The zero-order valence-corrected chi connectivity index (χ0v) is 19.3. The van der Waals surface area contributed by atoms with Crippen LogP contribution in [0.5, 0.6) is 0 Å². The van der Waals surface area contributed by atoms with Crippen LogP contribution in [0.2, 0.25) is 0 Å². The molecule has 0 fully saturated rings. The Morgan fingerprint density at radius 1 is 0.939 bits per heavy atom. The number of nitrogens with zero attached hydrogens (tertiary/aromatic N) is 2. The van der Waals surface area contributed by atoms with Gasteiger partial charge in [-0.2, -0.15) is 0 Å². The third kappa shape index (κ3) is 5.37. The van der Waals surface area contributed by atoms with Gasteiger partial charge < -0.3 is 10.4 Å². The number of pyridine rings is 2. The van der Waals surface area contributed by atoms with E-state index in [0.717, 1.165) is 27.6 Å². The van der Waals surface area contributed by atoms with Gasteiger partial charge in [0.05, 0.1) is 10.5 Å². The zero-order valence-electron chi connectivity index (χ0n) is 18.5. The summed E-state index contributed by atoms with van der Waals surface area (Å²) in [5.74, 6) is 6.86. The summed E-state index contributed by atoms with van der Waals surface area (Å²) in [6, 6.07) is 17.7. The van der Waals surface area contributed by atoms with Crippen LogP contribution < -0.4 is 5.32 Å². The van der Waals surface area contributed by atoms with E-state index < -0.39 is 15.4 Å². The van der Waals surface area contributed by atoms with Gasteiger partial charge in [-0.1, -0.05) is 18.1 Å². The number of sulfone groups is 1. The molecule has 7 heteroatoms. The number of benzene rings is 2. The zero-order chi connectivity index (χ0) is 23.6. The Morgan fingerprint density at radius 3 is 2.27 bits per heavy atom. The Morgan fingerprint density at radius 2 is 1.64 bits per heavy atom. The summed E-state index contributed by atoms with van der Waals surface area (Å²) in [7, 11) is -3.25. The van der Waals surface area contributed by atoms with Crippen molar-refractivity contribution in [2.45, 2.75) is 24.3 Å². The molecule has 0 saturated carbocycles. The third-order valence-electron chi connectivity index (χ3n) is 5.12. The minimum atomic E-state index is -3.25. The van der Waals surface area contributed by atoms with Crippen molar-refractivity contribution in [2.24, 2.45) is 0 Å². The van der Waals surface area contributed by atoms with Gasteiger partial charge in [-0.3, -0.25) is 0 Å². The second-order valence-corrected chi connectivity index (χ2v) is 10.3. The first-order valence-corrected chi connectivity index (χ1v) is 12.2. The number of hydrogen-bond acceptors (Lipinski definition) is 6. The van der Waals surface area contributed by atoms with Crippen LogP contribution in [0.4, 0.5) is 11.5 Å². The molecule has 0 saturated heterocycles. The maximum Gasteiger partial charge on any atom is 0.175 e. The average molecular weight is 458 g/mol. The molecule has 0 unspecified atom stereocenters. The second-order valence-electron chi connectivity index (χ2n) is 8.26. The molecule has 0 aliphatic carbocycles. The van der Waals surface area contributed by atoms with Crippen molar-refractivity contribution in [3.8, 4) is 11.8 Å². The fraction of sp³-hybridized carbons (Fsp3) is 0.154. The fourth-order valence-electron chi connectivity index (χ4n) is 3.26. The van der Waals surface area contributed by atoms with E-state index in [1.807, 2.05) is 36.4 Å². The van der Waals surface area contributed by atoms with E-state index in [2.05, 4.69) is 27.1 Å². The molecule has 0 radical (unpaired) electrons. The highest BCUT2D eigenvalue weighted by Crippen LogP contribution is 2.23. The molecule has 0 atom stereocenters. The van der Waals surface area contributed by atoms with Crippen LogP contribution in [0.3, 0.4) is 0 Å². The molecule has 2 aromatic carbocycles. The molecule has 166 valence electrons. The SMILES string of the molecule is CC(C)(O)c1ccc(C#Cc2nccc3cnc(Nc4ccc(S(C)(=O)=O)cc4)cc23)cc1. The van der Waals surface area contributed by atoms with E-state index in [-0.39, 0.29) is 4.90 Å². The third-order valence-corrected chi connectivity index (χ3v) is 6.25. The summed E-state index contributed by atoms with van der Waals surface area (Å²) in [5, 5.41) is 15.1. The van der Waals surface area contributed by atoms with Gasteiger partial charge in [0.15, 0.2) is 9.84 Å². The highest BCUT2D eigenvalue weighted by Gasteiger charge is 2.14. The maximum absolute atomic E-state index is 11.6. The molecule has 2 heterocycles. The first-order chi connectivity index (χ1) is 15.6. The average Bonchev–Trinajstić information content (AvgIpc) is 2.77. The number of aliphatic hydroxyl groups is 1. The van der Waals surface area contributed by atoms with E-state index in [9.17, 15) is 13.5 Å². The highest BCUT2D eigenvalue weighted by molar-refractivity contribution is 7.90. The molecule has 2 aromatic heterocycles. The van der Waals surface area contributed by atoms with E-state index in [0.29, 0.717) is 11.5 Å². The predicted molar refractivity (Wildman–Crippen MR) is 130 cm³/mol. The lowest BCUT2D eigenvalue weighted by Crippen LogP contribution is -2.14. The molecule has 33 heavy (non-hydrogen) atoms. The molecule has 0 amide bonds. The van der Waals surface area contributed by atoms with Crippen LogP contribution >= 0.6 is 0 Å². The Bertz CT molecular complexity index is 1480. The van der Waals surface area contributed by atoms with Gasteiger partial charge in [-0.05, 0) is 73.9 Å². The molecular formula is C26H23N3O3S. The Labute approximate surface area is 193 Å². The number of anilines is 2. The van der Waals surface area contributed by atoms with Gasteiger partial charge in [0, 0.05) is 40.7 Å². The highest BCUT2D eigenvalue weighted by atomic mass is 32.2. The van der Waals surface area contributed by atoms with Crippen LogP contribution in [0.15, 0.2) is 78.0 Å². The quantitative estimate of drug-likeness (QED) is 0.441. The van der Waals surface area contributed by atoms with Gasteiger partial charge in [0.1, 0.15) is 11.5 Å². The monoisotopic (exact) mass is 457 g/mol. The molecule has 0 aliphatic rings. The van der Waals surface area contributed by atoms with E-state index in [1.165, 1.54) is 6.26 Å². The second kappa shape index (κ2) is 8.66. The lowest BCUT2D eigenvalue weighted by molar-refractivity contribution is 0.0786. The molecule has 2 N–H and O–H groups in total. The smallest absolute Gasteiger partial charge is 0.175 e. The van der Waals surface area contributed by atoms with Gasteiger partial charge in [0.2, 0.25) is 0 Å². The fourth-order valence-corrected chi connectivity index (χ4v) is 3.89. The summed E-state index contributed by atoms with van der Waals surface area (Å²) in [4.78, 5) is 9.13. The van der Waals surface area contributed by atoms with Crippen molar-refractivity contribution in [1.82, 2.24) is 9.97 Å². The Balaban J connectivity index is 1.62. The molecule has 0 spiro atoms. The molecular weight excluding hydrogens is 434 g/mol. The van der Waals surface area contributed by atoms with Crippen LogP contribution in [-0.2, 0) is 15.4 Å². The summed E-state index contributed by atoms with van der Waals surface area (Å²) in [5.41, 5.74) is 2.09. The Hall–Kier alpha value is -3.73. The van der Waals surface area contributed by atoms with Crippen molar-refractivity contribution in [3.63, 3.8) is 0 Å². The van der Waals surface area contributed by atoms with Crippen LogP contribution in [0.25, 0.3) is 10.8 Å². The number of aromatic nitrogens is 2. The lowest BCUT2D eigenvalue weighted by atomic mass is 9.97. The van der Waals surface area contributed by atoms with Crippen molar-refractivity contribution in [1.29, 1.82) is 0 Å². The number of fused-ring (bicyclic) bond motifs is 1. The predicted octanol–water partition coefficient (Wildman–Crippen LogP) is 4.40. The van der Waals surface area contributed by atoms with Crippen LogP contribution in [0, 0.1) is 11.8 Å². The first-order valence-electron chi connectivity index (χ1n) is 10.3. The normalized spacial score (nSPS) is 11.6. The van der Waals surface area contributed by atoms with Crippen molar-refractivity contribution in [3.05, 3.63) is 89.9 Å². The topological polar surface area (TPSA) is 92.2 Å². The van der Waals surface area contributed by atoms with Crippen molar-refractivity contribution in [2.75, 3.05) is 11.6 Å². The van der Waals surface area contributed by atoms with Crippen molar-refractivity contribution < 1.29 is 13.5 Å². The lowest BCUT2D eigenvalue weighted by Gasteiger charge is -2.17. The minimum Gasteiger partial charge on any atom is -0.386 e. The Kier molecular flexibility index (Phi) is 5.90. The summed E-state index contributed by atoms with van der Waals surface area (Å²) in [6.07, 6.45) is 4.62. The summed E-state index contributed by atoms with van der Waals surface area (Å²) in [6.45, 7) is 3.49. The van der Waals surface area contributed by atoms with Crippen molar-refractivity contribution >= 4 is 32.1 Å². The number of nitrogens with one attached hydrogen (secondary N) is 1. The van der Waals surface area contributed by atoms with Gasteiger partial charge in [0.25, 0.3) is 0 Å². The molecule has 6 nitrogen and oxygen atoms in total. The van der Waals surface area contributed by atoms with Gasteiger partial charge >= 0.3 is 0 Å². The minimum absolute atomic E-state index is 0.261. The standard InChI is InChI=1S/C26H23N3O3S/c1-26(2,30)20-7-4-18(5-8-20)6-13-24-23-16-25(28-17-19(23)14-15-27-24)29-21-9-11-22(12-10-21)33(3,31)32/h4-5,7-12,14-17,30H,1-3H3,(H,28,29). The molecule has 0 aliphatic heterocycles. The summed E-state index contributed by atoms with van der Waals surface area (Å²) >= 11 is 0. The van der Waals surface area contributed by atoms with Crippen LogP contribution in [-0.4, -0.2) is 29.7 Å². The van der Waals surface area contributed by atoms with E-state index >= 15 is 0 Å². The van der Waals surface area contributed by atoms with E-state index in [4.69, 9.17) is 0 Å². The molecule has 0 bridgehead atoms. The van der Waals surface area contributed by atoms with Gasteiger partial charge in [-0.15, -0.1) is 0 Å². The molecule has 4 aromatic rings. The summed E-state index contributed by atoms with van der Waals surface area (Å²) < 4.78 is 23.3. The van der Waals surface area contributed by atoms with Gasteiger partial charge in [-0.25, -0.2) is 18.4 Å². The molecule has 4 rings (SSSR count). The maximum atomic E-state index is 11.6. The number of rotatable bonds is 4.